The van der Waals surface area contributed by atoms with Crippen molar-refractivity contribution in [2.45, 2.75) is 37.8 Å². The molecule has 1 fully saturated rings. The second-order valence-corrected chi connectivity index (χ2v) is 5.18. The predicted molar refractivity (Wildman–Crippen MR) is 71.9 cm³/mol. The molecule has 0 saturated heterocycles. The maximum absolute atomic E-state index is 12.5. The maximum atomic E-state index is 12.5. The van der Waals surface area contributed by atoms with E-state index in [2.05, 4.69) is 6.58 Å². The summed E-state index contributed by atoms with van der Waals surface area (Å²) in [4.78, 5) is 14.3. The molecule has 1 amide bonds. The van der Waals surface area contributed by atoms with Crippen LogP contribution >= 0.6 is 0 Å². The number of benzene rings is 1. The van der Waals surface area contributed by atoms with Crippen LogP contribution in [-0.4, -0.2) is 22.9 Å². The van der Waals surface area contributed by atoms with Crippen molar-refractivity contribution >= 4 is 11.6 Å². The smallest absolute Gasteiger partial charge is 0.259 e. The molecule has 1 heterocycles. The molecule has 94 valence electrons. The summed E-state index contributed by atoms with van der Waals surface area (Å²) in [5.74, 6) is 0.0675. The Morgan fingerprint density at radius 2 is 1.83 bits per heavy atom. The number of carbonyl (C=O) groups excluding carboxylic acids is 1. The Morgan fingerprint density at radius 1 is 1.17 bits per heavy atom. The van der Waals surface area contributed by atoms with Gasteiger partial charge >= 0.3 is 0 Å². The van der Waals surface area contributed by atoms with Gasteiger partial charge in [0.1, 0.15) is 0 Å². The fourth-order valence-corrected chi connectivity index (χ4v) is 3.11. The van der Waals surface area contributed by atoms with Crippen LogP contribution in [0.4, 0.5) is 0 Å². The molecule has 1 aromatic carbocycles. The summed E-state index contributed by atoms with van der Waals surface area (Å²) in [6.45, 7) is 4.09. The minimum absolute atomic E-state index is 0.0675. The summed E-state index contributed by atoms with van der Waals surface area (Å²) in [7, 11) is 0. The molecule has 3 nitrogen and oxygen atoms in total. The molecule has 3 rings (SSSR count). The predicted octanol–water partition coefficient (Wildman–Crippen LogP) is 2.38. The molecule has 1 aliphatic heterocycles. The van der Waals surface area contributed by atoms with Crippen LogP contribution in [0.3, 0.4) is 0 Å². The molecule has 2 aliphatic rings. The van der Waals surface area contributed by atoms with Gasteiger partial charge in [-0.05, 0) is 18.9 Å². The van der Waals surface area contributed by atoms with Gasteiger partial charge in [0, 0.05) is 22.9 Å². The van der Waals surface area contributed by atoms with Crippen molar-refractivity contribution in [1.29, 1.82) is 0 Å². The molecule has 0 spiro atoms. The van der Waals surface area contributed by atoms with Gasteiger partial charge in [-0.2, -0.15) is 0 Å². The minimum Gasteiger partial charge on any atom is -0.326 e. The molecule has 0 radical (unpaired) electrons. The van der Waals surface area contributed by atoms with Crippen LogP contribution in [0.25, 0.3) is 5.70 Å². The van der Waals surface area contributed by atoms with Gasteiger partial charge in [0.25, 0.3) is 5.91 Å². The first-order valence-electron chi connectivity index (χ1n) is 6.57. The Labute approximate surface area is 107 Å². The highest BCUT2D eigenvalue weighted by Crippen LogP contribution is 2.36. The van der Waals surface area contributed by atoms with E-state index < -0.39 is 0 Å². The van der Waals surface area contributed by atoms with Gasteiger partial charge in [-0.15, -0.1) is 0 Å². The van der Waals surface area contributed by atoms with Crippen LogP contribution in [-0.2, 0) is 0 Å². The van der Waals surface area contributed by atoms with Crippen LogP contribution in [0.1, 0.15) is 41.6 Å². The Kier molecular flexibility index (Phi) is 2.71. The highest BCUT2D eigenvalue weighted by atomic mass is 16.2. The van der Waals surface area contributed by atoms with E-state index in [-0.39, 0.29) is 18.0 Å². The molecule has 18 heavy (non-hydrogen) atoms. The zero-order valence-electron chi connectivity index (χ0n) is 10.4. The lowest BCUT2D eigenvalue weighted by atomic mass is 9.89. The van der Waals surface area contributed by atoms with E-state index in [4.69, 9.17) is 5.73 Å². The number of nitrogens with two attached hydrogens (primary N) is 1. The van der Waals surface area contributed by atoms with Crippen LogP contribution in [0.15, 0.2) is 30.8 Å². The van der Waals surface area contributed by atoms with Gasteiger partial charge in [-0.1, -0.05) is 37.6 Å². The van der Waals surface area contributed by atoms with E-state index in [0.29, 0.717) is 0 Å². The summed E-state index contributed by atoms with van der Waals surface area (Å²) in [6.07, 6.45) is 4.29. The second-order valence-electron chi connectivity index (χ2n) is 5.18. The average Bonchev–Trinajstić information content (AvgIpc) is 2.64. The van der Waals surface area contributed by atoms with Crippen LogP contribution in [0.5, 0.6) is 0 Å². The molecule has 3 heteroatoms. The van der Waals surface area contributed by atoms with Gasteiger partial charge in [0.15, 0.2) is 0 Å². The van der Waals surface area contributed by atoms with E-state index in [1.165, 1.54) is 6.42 Å². The molecule has 0 unspecified atom stereocenters. The van der Waals surface area contributed by atoms with E-state index in [9.17, 15) is 4.79 Å². The molecular weight excluding hydrogens is 224 g/mol. The SMILES string of the molecule is C=C1c2ccccc2C(=O)N1[C@@H]1CCCC[C@H]1N. The fourth-order valence-electron chi connectivity index (χ4n) is 3.11. The Balaban J connectivity index is 1.96. The highest BCUT2D eigenvalue weighted by molar-refractivity contribution is 6.09. The number of amides is 1. The molecular formula is C15H18N2O. The van der Waals surface area contributed by atoms with E-state index in [1.54, 1.807) is 0 Å². The third-order valence-corrected chi connectivity index (χ3v) is 4.09. The first-order valence-corrected chi connectivity index (χ1v) is 6.57. The van der Waals surface area contributed by atoms with Gasteiger partial charge in [-0.3, -0.25) is 4.79 Å². The number of nitrogens with zero attached hydrogens (tertiary/aromatic N) is 1. The van der Waals surface area contributed by atoms with E-state index >= 15 is 0 Å². The van der Waals surface area contributed by atoms with Crippen molar-refractivity contribution in [1.82, 2.24) is 4.90 Å². The summed E-state index contributed by atoms with van der Waals surface area (Å²) in [6, 6.07) is 7.87. The number of fused-ring (bicyclic) bond motifs is 1. The zero-order valence-corrected chi connectivity index (χ0v) is 10.4. The van der Waals surface area contributed by atoms with Crippen molar-refractivity contribution in [2.24, 2.45) is 5.73 Å². The van der Waals surface area contributed by atoms with Crippen molar-refractivity contribution in [3.63, 3.8) is 0 Å². The third-order valence-electron chi connectivity index (χ3n) is 4.09. The van der Waals surface area contributed by atoms with Crippen molar-refractivity contribution in [3.8, 4) is 0 Å². The Morgan fingerprint density at radius 3 is 2.50 bits per heavy atom. The number of carbonyl (C=O) groups is 1. The molecule has 1 aliphatic carbocycles. The summed E-state index contributed by atoms with van der Waals surface area (Å²) >= 11 is 0. The number of rotatable bonds is 1. The quantitative estimate of drug-likeness (QED) is 0.822. The Hall–Kier alpha value is -1.61. The number of hydrogen-bond donors (Lipinski definition) is 1. The standard InChI is InChI=1S/C15H18N2O/c1-10-11-6-2-3-7-12(11)15(18)17(10)14-9-5-4-8-13(14)16/h2-3,6-7,13-14H,1,4-5,8-9,16H2/t13-,14-/m1/s1. The normalized spacial score (nSPS) is 27.5. The highest BCUT2D eigenvalue weighted by Gasteiger charge is 2.38. The van der Waals surface area contributed by atoms with Gasteiger partial charge in [0.2, 0.25) is 0 Å². The van der Waals surface area contributed by atoms with E-state index in [1.807, 2.05) is 29.2 Å². The third kappa shape index (κ3) is 1.58. The number of hydrogen-bond acceptors (Lipinski definition) is 2. The molecule has 1 saturated carbocycles. The van der Waals surface area contributed by atoms with Crippen LogP contribution in [0, 0.1) is 0 Å². The average molecular weight is 242 g/mol. The van der Waals surface area contributed by atoms with Gasteiger partial charge in [-0.25, -0.2) is 0 Å². The molecule has 0 aromatic heterocycles. The minimum atomic E-state index is 0.0675. The van der Waals surface area contributed by atoms with Crippen LogP contribution in [0.2, 0.25) is 0 Å². The maximum Gasteiger partial charge on any atom is 0.259 e. The monoisotopic (exact) mass is 242 g/mol. The van der Waals surface area contributed by atoms with E-state index in [0.717, 1.165) is 36.1 Å². The lowest BCUT2D eigenvalue weighted by Gasteiger charge is -2.36. The first-order chi connectivity index (χ1) is 8.70. The van der Waals surface area contributed by atoms with Crippen LogP contribution < -0.4 is 5.73 Å². The summed E-state index contributed by atoms with van der Waals surface area (Å²) in [5, 5.41) is 0. The lowest BCUT2D eigenvalue weighted by Crippen LogP contribution is -2.49. The fraction of sp³-hybridized carbons (Fsp3) is 0.400. The second kappa shape index (κ2) is 4.25. The van der Waals surface area contributed by atoms with Crippen molar-refractivity contribution in [2.75, 3.05) is 0 Å². The van der Waals surface area contributed by atoms with Gasteiger partial charge < -0.3 is 10.6 Å². The van der Waals surface area contributed by atoms with Crippen molar-refractivity contribution < 1.29 is 4.79 Å². The topological polar surface area (TPSA) is 46.3 Å². The zero-order chi connectivity index (χ0) is 12.7. The largest absolute Gasteiger partial charge is 0.326 e. The van der Waals surface area contributed by atoms with Gasteiger partial charge in [0.05, 0.1) is 6.04 Å². The molecule has 0 bridgehead atoms. The summed E-state index contributed by atoms with van der Waals surface area (Å²) < 4.78 is 0. The lowest BCUT2D eigenvalue weighted by molar-refractivity contribution is 0.0759. The molecule has 1 aromatic rings. The summed E-state index contributed by atoms with van der Waals surface area (Å²) in [5.41, 5.74) is 8.72. The Bertz CT molecular complexity index is 474. The molecule has 2 atom stereocenters. The van der Waals surface area contributed by atoms with Crippen molar-refractivity contribution in [3.05, 3.63) is 42.0 Å². The first kappa shape index (κ1) is 11.5. The molecule has 2 N–H and O–H groups in total.